The van der Waals surface area contributed by atoms with Gasteiger partial charge < -0.3 is 11.1 Å². The summed E-state index contributed by atoms with van der Waals surface area (Å²) in [6, 6.07) is 2.09. The van der Waals surface area contributed by atoms with Gasteiger partial charge in [-0.2, -0.15) is 5.26 Å². The molecule has 0 saturated carbocycles. The van der Waals surface area contributed by atoms with Crippen LogP contribution in [0.2, 0.25) is 0 Å². The van der Waals surface area contributed by atoms with E-state index in [0.717, 1.165) is 25.7 Å². The molecule has 0 spiro atoms. The molecule has 0 radical (unpaired) electrons. The standard InChI is InChI=1S/C12H23N3O/c1-11(7-9-14)5-6-12(16)15-10-4-2-3-8-13/h11H,2-7,9-10,14H2,1H3,(H,15,16). The maximum Gasteiger partial charge on any atom is 0.220 e. The van der Waals surface area contributed by atoms with Gasteiger partial charge >= 0.3 is 0 Å². The summed E-state index contributed by atoms with van der Waals surface area (Å²) in [5.41, 5.74) is 5.44. The Morgan fingerprint density at radius 1 is 1.44 bits per heavy atom. The Bertz CT molecular complexity index is 223. The molecule has 0 aromatic heterocycles. The van der Waals surface area contributed by atoms with Crippen molar-refractivity contribution in [3.63, 3.8) is 0 Å². The molecule has 1 amide bonds. The van der Waals surface area contributed by atoms with Gasteiger partial charge in [0.15, 0.2) is 0 Å². The largest absolute Gasteiger partial charge is 0.356 e. The van der Waals surface area contributed by atoms with Gasteiger partial charge in [0.2, 0.25) is 5.91 Å². The second-order valence-electron chi connectivity index (χ2n) is 4.19. The number of nitrogens with two attached hydrogens (primary N) is 1. The van der Waals surface area contributed by atoms with Crippen molar-refractivity contribution in [3.8, 4) is 6.07 Å². The van der Waals surface area contributed by atoms with Crippen LogP contribution in [0.1, 0.15) is 45.4 Å². The monoisotopic (exact) mass is 225 g/mol. The molecule has 0 aliphatic carbocycles. The lowest BCUT2D eigenvalue weighted by Crippen LogP contribution is -2.24. The third-order valence-corrected chi connectivity index (χ3v) is 2.56. The number of unbranched alkanes of at least 4 members (excludes halogenated alkanes) is 2. The number of hydrogen-bond acceptors (Lipinski definition) is 3. The van der Waals surface area contributed by atoms with Crippen molar-refractivity contribution in [1.29, 1.82) is 5.26 Å². The molecule has 0 bridgehead atoms. The summed E-state index contributed by atoms with van der Waals surface area (Å²) in [6.45, 7) is 3.50. The zero-order valence-corrected chi connectivity index (χ0v) is 10.2. The third kappa shape index (κ3) is 9.47. The molecule has 0 saturated heterocycles. The normalized spacial score (nSPS) is 11.8. The minimum atomic E-state index is 0.112. The highest BCUT2D eigenvalue weighted by Gasteiger charge is 2.05. The van der Waals surface area contributed by atoms with Crippen LogP contribution in [-0.2, 0) is 4.79 Å². The van der Waals surface area contributed by atoms with Crippen LogP contribution in [0.3, 0.4) is 0 Å². The lowest BCUT2D eigenvalue weighted by atomic mass is 10.0. The van der Waals surface area contributed by atoms with E-state index in [-0.39, 0.29) is 5.91 Å². The fourth-order valence-corrected chi connectivity index (χ4v) is 1.45. The average Bonchev–Trinajstić information content (AvgIpc) is 2.26. The Balaban J connectivity index is 3.34. The lowest BCUT2D eigenvalue weighted by Gasteiger charge is -2.09. The number of carbonyl (C=O) groups excluding carboxylic acids is 1. The maximum absolute atomic E-state index is 11.4. The van der Waals surface area contributed by atoms with E-state index in [1.807, 2.05) is 0 Å². The molecule has 0 aliphatic rings. The molecular weight excluding hydrogens is 202 g/mol. The van der Waals surface area contributed by atoms with Crippen LogP contribution < -0.4 is 11.1 Å². The number of nitriles is 1. The minimum absolute atomic E-state index is 0.112. The molecule has 0 heterocycles. The predicted octanol–water partition coefficient (Wildman–Crippen LogP) is 1.56. The smallest absolute Gasteiger partial charge is 0.220 e. The Labute approximate surface area is 98.2 Å². The predicted molar refractivity (Wildman–Crippen MR) is 64.5 cm³/mol. The SMILES string of the molecule is CC(CCN)CCC(=O)NCCCCC#N. The van der Waals surface area contributed by atoms with Crippen LogP contribution in [0.4, 0.5) is 0 Å². The quantitative estimate of drug-likeness (QED) is 0.584. The van der Waals surface area contributed by atoms with E-state index in [9.17, 15) is 4.79 Å². The summed E-state index contributed by atoms with van der Waals surface area (Å²) in [5, 5.41) is 11.2. The molecular formula is C12H23N3O. The summed E-state index contributed by atoms with van der Waals surface area (Å²) in [4.78, 5) is 11.4. The van der Waals surface area contributed by atoms with Crippen LogP contribution in [-0.4, -0.2) is 19.0 Å². The first-order chi connectivity index (χ1) is 7.70. The van der Waals surface area contributed by atoms with Crippen molar-refractivity contribution in [3.05, 3.63) is 0 Å². The van der Waals surface area contributed by atoms with Crippen LogP contribution in [0, 0.1) is 17.2 Å². The fourth-order valence-electron chi connectivity index (χ4n) is 1.45. The molecule has 1 atom stereocenters. The zero-order chi connectivity index (χ0) is 12.2. The van der Waals surface area contributed by atoms with Gasteiger partial charge in [-0.05, 0) is 38.1 Å². The average molecular weight is 225 g/mol. The summed E-state index contributed by atoms with van der Waals surface area (Å²) in [6.07, 6.45) is 4.79. The number of rotatable bonds is 9. The number of hydrogen-bond donors (Lipinski definition) is 2. The van der Waals surface area contributed by atoms with E-state index in [0.29, 0.717) is 31.8 Å². The van der Waals surface area contributed by atoms with Crippen LogP contribution in [0.5, 0.6) is 0 Å². The van der Waals surface area contributed by atoms with Crippen LogP contribution in [0.25, 0.3) is 0 Å². The second-order valence-corrected chi connectivity index (χ2v) is 4.19. The van der Waals surface area contributed by atoms with Gasteiger partial charge in [-0.1, -0.05) is 6.92 Å². The lowest BCUT2D eigenvalue weighted by molar-refractivity contribution is -0.121. The molecule has 4 nitrogen and oxygen atoms in total. The molecule has 0 fully saturated rings. The van der Waals surface area contributed by atoms with Crippen molar-refractivity contribution in [2.45, 2.75) is 45.4 Å². The molecule has 0 aliphatic heterocycles. The van der Waals surface area contributed by atoms with Crippen molar-refractivity contribution in [2.75, 3.05) is 13.1 Å². The first-order valence-corrected chi connectivity index (χ1v) is 6.04. The Hall–Kier alpha value is -1.08. The highest BCUT2D eigenvalue weighted by Crippen LogP contribution is 2.08. The van der Waals surface area contributed by atoms with E-state index in [1.54, 1.807) is 0 Å². The highest BCUT2D eigenvalue weighted by molar-refractivity contribution is 5.75. The Morgan fingerprint density at radius 2 is 2.19 bits per heavy atom. The summed E-state index contributed by atoms with van der Waals surface area (Å²) in [5.74, 6) is 0.634. The first-order valence-electron chi connectivity index (χ1n) is 6.04. The van der Waals surface area contributed by atoms with Gasteiger partial charge in [0.25, 0.3) is 0 Å². The third-order valence-electron chi connectivity index (χ3n) is 2.56. The molecule has 0 aromatic rings. The molecule has 4 heteroatoms. The number of carbonyl (C=O) groups is 1. The number of amides is 1. The van der Waals surface area contributed by atoms with Gasteiger partial charge in [-0.25, -0.2) is 0 Å². The minimum Gasteiger partial charge on any atom is -0.356 e. The Kier molecular flexibility index (Phi) is 9.73. The van der Waals surface area contributed by atoms with Crippen molar-refractivity contribution in [2.24, 2.45) is 11.7 Å². The van der Waals surface area contributed by atoms with Gasteiger partial charge in [-0.3, -0.25) is 4.79 Å². The van der Waals surface area contributed by atoms with E-state index < -0.39 is 0 Å². The summed E-state index contributed by atoms with van der Waals surface area (Å²) >= 11 is 0. The maximum atomic E-state index is 11.4. The zero-order valence-electron chi connectivity index (χ0n) is 10.2. The van der Waals surface area contributed by atoms with E-state index in [4.69, 9.17) is 11.0 Å². The fraction of sp³-hybridized carbons (Fsp3) is 0.833. The van der Waals surface area contributed by atoms with E-state index in [1.165, 1.54) is 0 Å². The molecule has 92 valence electrons. The second kappa shape index (κ2) is 10.4. The number of nitrogens with zero attached hydrogens (tertiary/aromatic N) is 1. The van der Waals surface area contributed by atoms with Crippen LogP contribution >= 0.6 is 0 Å². The Morgan fingerprint density at radius 3 is 2.81 bits per heavy atom. The number of nitrogens with one attached hydrogen (secondary N) is 1. The summed E-state index contributed by atoms with van der Waals surface area (Å²) in [7, 11) is 0. The topological polar surface area (TPSA) is 78.9 Å². The van der Waals surface area contributed by atoms with Crippen LogP contribution in [0.15, 0.2) is 0 Å². The van der Waals surface area contributed by atoms with Crippen molar-refractivity contribution < 1.29 is 4.79 Å². The van der Waals surface area contributed by atoms with Crippen molar-refractivity contribution >= 4 is 5.91 Å². The van der Waals surface area contributed by atoms with Gasteiger partial charge in [-0.15, -0.1) is 0 Å². The summed E-state index contributed by atoms with van der Waals surface area (Å²) < 4.78 is 0. The van der Waals surface area contributed by atoms with E-state index >= 15 is 0 Å². The van der Waals surface area contributed by atoms with Gasteiger partial charge in [0.05, 0.1) is 6.07 Å². The first kappa shape index (κ1) is 14.9. The molecule has 1 unspecified atom stereocenters. The van der Waals surface area contributed by atoms with E-state index in [2.05, 4.69) is 18.3 Å². The molecule has 0 aromatic carbocycles. The van der Waals surface area contributed by atoms with Gasteiger partial charge in [0, 0.05) is 19.4 Å². The van der Waals surface area contributed by atoms with Gasteiger partial charge in [0.1, 0.15) is 0 Å². The molecule has 16 heavy (non-hydrogen) atoms. The van der Waals surface area contributed by atoms with Crippen molar-refractivity contribution in [1.82, 2.24) is 5.32 Å². The molecule has 0 rings (SSSR count). The highest BCUT2D eigenvalue weighted by atomic mass is 16.1. The molecule has 3 N–H and O–H groups in total.